The molecule has 1 saturated heterocycles. The average molecular weight is 259 g/mol. The highest BCUT2D eigenvalue weighted by Gasteiger charge is 2.26. The number of benzene rings is 1. The van der Waals surface area contributed by atoms with Gasteiger partial charge in [-0.3, -0.25) is 9.69 Å². The zero-order valence-electron chi connectivity index (χ0n) is 10.9. The Morgan fingerprint density at radius 1 is 1.42 bits per heavy atom. The van der Waals surface area contributed by atoms with Crippen molar-refractivity contribution in [2.45, 2.75) is 12.5 Å². The van der Waals surface area contributed by atoms with E-state index < -0.39 is 5.97 Å². The van der Waals surface area contributed by atoms with Crippen LogP contribution in [0.5, 0.6) is 0 Å². The molecule has 5 nitrogen and oxygen atoms in total. The number of carboxylic acids is 1. The molecule has 100 valence electrons. The fraction of sp³-hybridized carbons (Fsp3) is 0.429. The minimum Gasteiger partial charge on any atom is -0.481 e. The number of anilines is 1. The number of aliphatic carboxylic acids is 1. The maximum absolute atomic E-state index is 10.9. The summed E-state index contributed by atoms with van der Waals surface area (Å²) in [5, 5.41) is 17.7. The number of likely N-dealkylation sites (N-methyl/N-ethyl adjacent to an activating group) is 1. The van der Waals surface area contributed by atoms with E-state index in [1.807, 2.05) is 19.2 Å². The van der Waals surface area contributed by atoms with E-state index >= 15 is 0 Å². The average Bonchev–Trinajstić information content (AvgIpc) is 2.41. The van der Waals surface area contributed by atoms with Crippen LogP contribution >= 0.6 is 0 Å². The van der Waals surface area contributed by atoms with E-state index in [1.54, 1.807) is 12.1 Å². The molecule has 5 heteroatoms. The predicted octanol–water partition coefficient (Wildman–Crippen LogP) is 1.15. The quantitative estimate of drug-likeness (QED) is 0.882. The van der Waals surface area contributed by atoms with E-state index in [0.29, 0.717) is 12.1 Å². The third-order valence-corrected chi connectivity index (χ3v) is 3.55. The van der Waals surface area contributed by atoms with Crippen LogP contribution in [-0.2, 0) is 4.79 Å². The Hall–Kier alpha value is -2.06. The van der Waals surface area contributed by atoms with E-state index in [1.165, 1.54) is 0 Å². The Kier molecular flexibility index (Phi) is 4.03. The molecule has 0 saturated carbocycles. The number of nitrogens with zero attached hydrogens (tertiary/aromatic N) is 3. The number of hydrogen-bond acceptors (Lipinski definition) is 4. The predicted molar refractivity (Wildman–Crippen MR) is 72.0 cm³/mol. The first-order valence-corrected chi connectivity index (χ1v) is 6.27. The molecule has 1 aromatic carbocycles. The van der Waals surface area contributed by atoms with Crippen LogP contribution in [0, 0.1) is 11.3 Å². The second kappa shape index (κ2) is 5.72. The van der Waals surface area contributed by atoms with Gasteiger partial charge in [-0.15, -0.1) is 0 Å². The maximum atomic E-state index is 10.9. The lowest BCUT2D eigenvalue weighted by Gasteiger charge is -2.40. The van der Waals surface area contributed by atoms with Crippen molar-refractivity contribution in [3.05, 3.63) is 29.8 Å². The van der Waals surface area contributed by atoms with Crippen molar-refractivity contribution in [2.75, 3.05) is 31.6 Å². The van der Waals surface area contributed by atoms with Gasteiger partial charge in [-0.1, -0.05) is 0 Å². The van der Waals surface area contributed by atoms with Crippen LogP contribution in [0.4, 0.5) is 5.69 Å². The van der Waals surface area contributed by atoms with Gasteiger partial charge in [0.25, 0.3) is 0 Å². The smallest absolute Gasteiger partial charge is 0.305 e. The molecule has 19 heavy (non-hydrogen) atoms. The summed E-state index contributed by atoms with van der Waals surface area (Å²) in [6.07, 6.45) is 0.156. The van der Waals surface area contributed by atoms with E-state index in [-0.39, 0.29) is 12.5 Å². The van der Waals surface area contributed by atoms with Gasteiger partial charge in [0.2, 0.25) is 0 Å². The number of rotatable bonds is 3. The molecule has 1 aliphatic rings. The SMILES string of the molecule is CN1CCN(c2ccc(C#N)cc2)CC1CC(=O)O. The molecule has 0 spiro atoms. The van der Waals surface area contributed by atoms with Crippen LogP contribution in [0.15, 0.2) is 24.3 Å². The third-order valence-electron chi connectivity index (χ3n) is 3.55. The lowest BCUT2D eigenvalue weighted by Crippen LogP contribution is -2.52. The van der Waals surface area contributed by atoms with Crippen LogP contribution in [0.3, 0.4) is 0 Å². The Bertz CT molecular complexity index is 492. The largest absolute Gasteiger partial charge is 0.481 e. The van der Waals surface area contributed by atoms with Gasteiger partial charge in [0.05, 0.1) is 18.1 Å². The molecule has 0 aromatic heterocycles. The zero-order chi connectivity index (χ0) is 13.8. The summed E-state index contributed by atoms with van der Waals surface area (Å²) in [6, 6.07) is 9.54. The van der Waals surface area contributed by atoms with E-state index in [0.717, 1.165) is 18.8 Å². The summed E-state index contributed by atoms with van der Waals surface area (Å²) >= 11 is 0. The summed E-state index contributed by atoms with van der Waals surface area (Å²) in [4.78, 5) is 15.1. The van der Waals surface area contributed by atoms with Crippen molar-refractivity contribution < 1.29 is 9.90 Å². The fourth-order valence-electron chi connectivity index (χ4n) is 2.35. The lowest BCUT2D eigenvalue weighted by molar-refractivity contribution is -0.138. The van der Waals surface area contributed by atoms with Crippen molar-refractivity contribution in [1.29, 1.82) is 5.26 Å². The number of nitriles is 1. The van der Waals surface area contributed by atoms with Crippen LogP contribution < -0.4 is 4.90 Å². The van der Waals surface area contributed by atoms with E-state index in [9.17, 15) is 4.79 Å². The molecule has 2 rings (SSSR count). The molecule has 1 aromatic rings. The van der Waals surface area contributed by atoms with Crippen LogP contribution in [0.1, 0.15) is 12.0 Å². The Balaban J connectivity index is 2.08. The van der Waals surface area contributed by atoms with Crippen molar-refractivity contribution in [3.8, 4) is 6.07 Å². The number of carbonyl (C=O) groups is 1. The highest BCUT2D eigenvalue weighted by Crippen LogP contribution is 2.20. The van der Waals surface area contributed by atoms with Gasteiger partial charge in [-0.05, 0) is 31.3 Å². The zero-order valence-corrected chi connectivity index (χ0v) is 10.9. The minimum atomic E-state index is -0.765. The van der Waals surface area contributed by atoms with Crippen molar-refractivity contribution >= 4 is 11.7 Å². The molecular formula is C14H17N3O2. The monoisotopic (exact) mass is 259 g/mol. The first kappa shape index (κ1) is 13.4. The summed E-state index contributed by atoms with van der Waals surface area (Å²) in [6.45, 7) is 2.42. The van der Waals surface area contributed by atoms with Crippen molar-refractivity contribution in [1.82, 2.24) is 4.90 Å². The minimum absolute atomic E-state index is 0.0295. The third kappa shape index (κ3) is 3.24. The number of hydrogen-bond donors (Lipinski definition) is 1. The maximum Gasteiger partial charge on any atom is 0.305 e. The summed E-state index contributed by atoms with van der Waals surface area (Å²) in [5.41, 5.74) is 1.68. The van der Waals surface area contributed by atoms with Gasteiger partial charge in [0.1, 0.15) is 0 Å². The molecule has 1 heterocycles. The Morgan fingerprint density at radius 3 is 2.68 bits per heavy atom. The first-order valence-electron chi connectivity index (χ1n) is 6.27. The van der Waals surface area contributed by atoms with Gasteiger partial charge in [0.15, 0.2) is 0 Å². The molecule has 1 aliphatic heterocycles. The van der Waals surface area contributed by atoms with E-state index in [4.69, 9.17) is 10.4 Å². The van der Waals surface area contributed by atoms with Crippen molar-refractivity contribution in [3.63, 3.8) is 0 Å². The molecule has 1 atom stereocenters. The number of piperazine rings is 1. The van der Waals surface area contributed by atoms with Crippen LogP contribution in [-0.4, -0.2) is 48.7 Å². The van der Waals surface area contributed by atoms with Gasteiger partial charge in [-0.2, -0.15) is 5.26 Å². The summed E-state index contributed by atoms with van der Waals surface area (Å²) < 4.78 is 0. The molecule has 1 fully saturated rings. The van der Waals surface area contributed by atoms with Crippen LogP contribution in [0.25, 0.3) is 0 Å². The van der Waals surface area contributed by atoms with Crippen molar-refractivity contribution in [2.24, 2.45) is 0 Å². The second-order valence-corrected chi connectivity index (χ2v) is 4.84. The molecule has 1 N–H and O–H groups in total. The Labute approximate surface area is 112 Å². The molecule has 0 radical (unpaired) electrons. The fourth-order valence-corrected chi connectivity index (χ4v) is 2.35. The molecule has 0 aliphatic carbocycles. The Morgan fingerprint density at radius 2 is 2.11 bits per heavy atom. The normalized spacial score (nSPS) is 20.0. The highest BCUT2D eigenvalue weighted by molar-refractivity contribution is 5.67. The van der Waals surface area contributed by atoms with Gasteiger partial charge < -0.3 is 10.0 Å². The van der Waals surface area contributed by atoms with Crippen LogP contribution in [0.2, 0.25) is 0 Å². The molecule has 1 unspecified atom stereocenters. The summed E-state index contributed by atoms with van der Waals surface area (Å²) in [7, 11) is 1.96. The van der Waals surface area contributed by atoms with Gasteiger partial charge >= 0.3 is 5.97 Å². The topological polar surface area (TPSA) is 67.6 Å². The second-order valence-electron chi connectivity index (χ2n) is 4.84. The lowest BCUT2D eigenvalue weighted by atomic mass is 10.1. The molecule has 0 bridgehead atoms. The highest BCUT2D eigenvalue weighted by atomic mass is 16.4. The van der Waals surface area contributed by atoms with Gasteiger partial charge in [0, 0.05) is 31.4 Å². The standard InChI is InChI=1S/C14H17N3O2/c1-16-6-7-17(10-13(16)8-14(18)19)12-4-2-11(9-15)3-5-12/h2-5,13H,6-8,10H2,1H3,(H,18,19). The van der Waals surface area contributed by atoms with E-state index in [2.05, 4.69) is 15.9 Å². The molecular weight excluding hydrogens is 242 g/mol. The molecule has 0 amide bonds. The summed E-state index contributed by atoms with van der Waals surface area (Å²) in [5.74, 6) is -0.765. The number of carboxylic acid groups (broad SMARTS) is 1. The van der Waals surface area contributed by atoms with Gasteiger partial charge in [-0.25, -0.2) is 0 Å². The first-order chi connectivity index (χ1) is 9.10.